The maximum Gasteiger partial charge on any atom is 0.471 e. The van der Waals surface area contributed by atoms with Crippen molar-refractivity contribution in [1.29, 1.82) is 0 Å². The van der Waals surface area contributed by atoms with Crippen LogP contribution in [0.1, 0.15) is 44.1 Å². The molecule has 1 N–H and O–H groups in total. The van der Waals surface area contributed by atoms with E-state index in [-0.39, 0.29) is 11.7 Å². The lowest BCUT2D eigenvalue weighted by Gasteiger charge is -2.36. The van der Waals surface area contributed by atoms with Crippen LogP contribution in [0.2, 0.25) is 0 Å². The van der Waals surface area contributed by atoms with Crippen molar-refractivity contribution in [2.24, 2.45) is 5.92 Å². The second-order valence-electron chi connectivity index (χ2n) is 7.06. The van der Waals surface area contributed by atoms with Gasteiger partial charge < -0.3 is 4.52 Å². The van der Waals surface area contributed by atoms with Crippen molar-refractivity contribution in [2.75, 3.05) is 6.26 Å². The van der Waals surface area contributed by atoms with Gasteiger partial charge in [0.15, 0.2) is 0 Å². The van der Waals surface area contributed by atoms with E-state index in [1.54, 1.807) is 24.3 Å². The molecule has 2 aromatic rings. The molecule has 1 saturated carbocycles. The Kier molecular flexibility index (Phi) is 5.06. The van der Waals surface area contributed by atoms with E-state index in [4.69, 9.17) is 0 Å². The number of sulfonamides is 1. The summed E-state index contributed by atoms with van der Waals surface area (Å²) in [7, 11) is -3.46. The fraction of sp³-hybridized carbons (Fsp3) is 0.529. The van der Waals surface area contributed by atoms with Crippen LogP contribution in [0.25, 0.3) is 11.4 Å². The lowest BCUT2D eigenvalue weighted by atomic mass is 9.79. The number of hydrogen-bond acceptors (Lipinski definition) is 5. The molecule has 0 spiro atoms. The first-order valence-corrected chi connectivity index (χ1v) is 10.4. The first-order valence-electron chi connectivity index (χ1n) is 8.50. The van der Waals surface area contributed by atoms with Gasteiger partial charge in [-0.25, -0.2) is 13.1 Å². The zero-order valence-corrected chi connectivity index (χ0v) is 15.7. The topological polar surface area (TPSA) is 85.1 Å². The summed E-state index contributed by atoms with van der Waals surface area (Å²) in [5.41, 5.74) is 0.297. The molecule has 0 aliphatic heterocycles. The second-order valence-corrected chi connectivity index (χ2v) is 8.80. The van der Waals surface area contributed by atoms with Gasteiger partial charge in [0.05, 0.1) is 11.8 Å². The van der Waals surface area contributed by atoms with E-state index >= 15 is 0 Å². The van der Waals surface area contributed by atoms with E-state index in [0.29, 0.717) is 5.56 Å². The molecule has 1 unspecified atom stereocenters. The molecule has 6 nitrogen and oxygen atoms in total. The third-order valence-electron chi connectivity index (χ3n) is 4.98. The SMILES string of the molecule is CC(NS(C)(=O)=O)(c1ccc(-c2noc(C(F)(F)F)n2)cc1)C1CCCC1. The van der Waals surface area contributed by atoms with Crippen molar-refractivity contribution in [3.63, 3.8) is 0 Å². The van der Waals surface area contributed by atoms with Gasteiger partial charge >= 0.3 is 12.1 Å². The molecule has 1 aliphatic rings. The van der Waals surface area contributed by atoms with Crippen LogP contribution in [0.5, 0.6) is 0 Å². The van der Waals surface area contributed by atoms with Crippen LogP contribution in [0.4, 0.5) is 13.2 Å². The summed E-state index contributed by atoms with van der Waals surface area (Å²) in [6.45, 7) is 1.84. The predicted octanol–water partition coefficient (Wildman–Crippen LogP) is 3.71. The maximum atomic E-state index is 12.6. The van der Waals surface area contributed by atoms with Crippen LogP contribution >= 0.6 is 0 Å². The molecule has 148 valence electrons. The van der Waals surface area contributed by atoms with E-state index in [1.165, 1.54) is 0 Å². The van der Waals surface area contributed by atoms with Gasteiger partial charge in [-0.2, -0.15) is 18.2 Å². The number of hydrogen-bond donors (Lipinski definition) is 1. The lowest BCUT2D eigenvalue weighted by molar-refractivity contribution is -0.159. The largest absolute Gasteiger partial charge is 0.471 e. The standard InChI is InChI=1S/C17H20F3N3O3S/c1-16(23-27(2,24)25,12-5-3-4-6-12)13-9-7-11(8-10-13)14-21-15(26-22-14)17(18,19)20/h7-10,12,23H,3-6H2,1-2H3. The highest BCUT2D eigenvalue weighted by Gasteiger charge is 2.40. The number of nitrogens with zero attached hydrogens (tertiary/aromatic N) is 2. The first-order chi connectivity index (χ1) is 12.5. The fourth-order valence-corrected chi connectivity index (χ4v) is 4.74. The number of rotatable bonds is 5. The van der Waals surface area contributed by atoms with Crippen molar-refractivity contribution in [3.05, 3.63) is 35.7 Å². The zero-order chi connectivity index (χ0) is 19.9. The Hall–Kier alpha value is -1.94. The fourth-order valence-electron chi connectivity index (χ4n) is 3.69. The predicted molar refractivity (Wildman–Crippen MR) is 92.0 cm³/mol. The van der Waals surface area contributed by atoms with Gasteiger partial charge in [0, 0.05) is 5.56 Å². The summed E-state index contributed by atoms with van der Waals surface area (Å²) in [5.74, 6) is -1.44. The molecule has 1 heterocycles. The Bertz CT molecular complexity index is 903. The summed E-state index contributed by atoms with van der Waals surface area (Å²) in [6.07, 6.45) is 0.291. The molecular formula is C17H20F3N3O3S. The normalized spacial score (nSPS) is 18.6. The Labute approximate surface area is 155 Å². The van der Waals surface area contributed by atoms with Crippen molar-refractivity contribution in [2.45, 2.75) is 44.3 Å². The van der Waals surface area contributed by atoms with Crippen LogP contribution in [0.3, 0.4) is 0 Å². The molecular weight excluding hydrogens is 383 g/mol. The smallest absolute Gasteiger partial charge is 0.329 e. The minimum absolute atomic E-state index is 0.139. The summed E-state index contributed by atoms with van der Waals surface area (Å²) in [6, 6.07) is 6.51. The van der Waals surface area contributed by atoms with E-state index in [9.17, 15) is 21.6 Å². The molecule has 1 atom stereocenters. The zero-order valence-electron chi connectivity index (χ0n) is 14.9. The van der Waals surface area contributed by atoms with Gasteiger partial charge in [0.25, 0.3) is 0 Å². The molecule has 0 amide bonds. The quantitative estimate of drug-likeness (QED) is 0.823. The minimum atomic E-state index is -4.70. The number of benzene rings is 1. The molecule has 0 bridgehead atoms. The van der Waals surface area contributed by atoms with Crippen molar-refractivity contribution < 1.29 is 26.1 Å². The van der Waals surface area contributed by atoms with Crippen LogP contribution in [-0.4, -0.2) is 24.8 Å². The molecule has 1 aromatic heterocycles. The van der Waals surface area contributed by atoms with Crippen LogP contribution in [0, 0.1) is 5.92 Å². The van der Waals surface area contributed by atoms with E-state index in [0.717, 1.165) is 37.5 Å². The van der Waals surface area contributed by atoms with Crippen molar-refractivity contribution >= 4 is 10.0 Å². The number of nitrogens with one attached hydrogen (secondary N) is 1. The third kappa shape index (κ3) is 4.32. The highest BCUT2D eigenvalue weighted by atomic mass is 32.2. The molecule has 1 fully saturated rings. The molecule has 1 aliphatic carbocycles. The second kappa shape index (κ2) is 6.90. The molecule has 27 heavy (non-hydrogen) atoms. The first kappa shape index (κ1) is 19.8. The average Bonchev–Trinajstić information content (AvgIpc) is 3.25. The van der Waals surface area contributed by atoms with Gasteiger partial charge in [-0.1, -0.05) is 42.3 Å². The minimum Gasteiger partial charge on any atom is -0.329 e. The Morgan fingerprint density at radius 1 is 1.15 bits per heavy atom. The third-order valence-corrected chi connectivity index (χ3v) is 5.78. The molecule has 10 heteroatoms. The van der Waals surface area contributed by atoms with Crippen LogP contribution < -0.4 is 4.72 Å². The Balaban J connectivity index is 1.92. The Morgan fingerprint density at radius 3 is 2.22 bits per heavy atom. The van der Waals surface area contributed by atoms with Gasteiger partial charge in [-0.3, -0.25) is 0 Å². The van der Waals surface area contributed by atoms with E-state index < -0.39 is 27.6 Å². The maximum absolute atomic E-state index is 12.6. The molecule has 0 radical (unpaired) electrons. The summed E-state index contributed by atoms with van der Waals surface area (Å²) in [5, 5.41) is 3.36. The highest BCUT2D eigenvalue weighted by molar-refractivity contribution is 7.88. The summed E-state index contributed by atoms with van der Waals surface area (Å²) >= 11 is 0. The molecule has 0 saturated heterocycles. The monoisotopic (exact) mass is 403 g/mol. The number of aromatic nitrogens is 2. The average molecular weight is 403 g/mol. The van der Waals surface area contributed by atoms with Gasteiger partial charge in [-0.15, -0.1) is 0 Å². The number of alkyl halides is 3. The van der Waals surface area contributed by atoms with Gasteiger partial charge in [0.1, 0.15) is 0 Å². The van der Waals surface area contributed by atoms with Crippen LogP contribution in [0.15, 0.2) is 28.8 Å². The van der Waals surface area contributed by atoms with Gasteiger partial charge in [0.2, 0.25) is 15.8 Å². The summed E-state index contributed by atoms with van der Waals surface area (Å²) < 4.78 is 68.6. The Morgan fingerprint density at radius 2 is 1.74 bits per heavy atom. The number of halogens is 3. The van der Waals surface area contributed by atoms with E-state index in [1.807, 2.05) is 6.92 Å². The van der Waals surface area contributed by atoms with Gasteiger partial charge in [-0.05, 0) is 31.2 Å². The van der Waals surface area contributed by atoms with Crippen LogP contribution in [-0.2, 0) is 21.7 Å². The molecule has 1 aromatic carbocycles. The summed E-state index contributed by atoms with van der Waals surface area (Å²) in [4.78, 5) is 3.37. The molecule has 3 rings (SSSR count). The highest BCUT2D eigenvalue weighted by Crippen LogP contribution is 2.41. The van der Waals surface area contributed by atoms with E-state index in [2.05, 4.69) is 19.4 Å². The van der Waals surface area contributed by atoms with Crippen molar-refractivity contribution in [3.8, 4) is 11.4 Å². The van der Waals surface area contributed by atoms with Crippen molar-refractivity contribution in [1.82, 2.24) is 14.9 Å². The lowest BCUT2D eigenvalue weighted by Crippen LogP contribution is -2.47.